The van der Waals surface area contributed by atoms with E-state index in [0.29, 0.717) is 0 Å². The van der Waals surface area contributed by atoms with Crippen molar-refractivity contribution in [3.05, 3.63) is 111 Å². The lowest BCUT2D eigenvalue weighted by Crippen LogP contribution is -2.25. The Morgan fingerprint density at radius 3 is 1.77 bits per heavy atom. The zero-order valence-electron chi connectivity index (χ0n) is 23.1. The molecule has 0 bridgehead atoms. The van der Waals surface area contributed by atoms with Crippen molar-refractivity contribution in [2.45, 2.75) is 61.9 Å². The fourth-order valence-corrected chi connectivity index (χ4v) is 4.29. The third-order valence-corrected chi connectivity index (χ3v) is 6.78. The van der Waals surface area contributed by atoms with E-state index >= 15 is 0 Å². The molecular weight excluding hydrogens is 442 g/mol. The van der Waals surface area contributed by atoms with Crippen LogP contribution >= 0.6 is 11.8 Å². The van der Waals surface area contributed by atoms with Crippen molar-refractivity contribution in [3.8, 4) is 0 Å². The number of benzene rings is 2. The molecule has 3 rings (SSSR count). The SMILES string of the molecule is C=C(C)Cn1c(=C)c2ccccc2c1=C.C=C(SC=C(C)C)/C(C)=C(/C)c1ccccc1C.CC. The highest BCUT2D eigenvalue weighted by Crippen LogP contribution is 2.31. The third kappa shape index (κ3) is 8.33. The van der Waals surface area contributed by atoms with Gasteiger partial charge < -0.3 is 4.57 Å². The number of fused-ring (bicyclic) bond motifs is 1. The molecule has 0 unspecified atom stereocenters. The second-order valence-electron chi connectivity index (χ2n) is 8.78. The molecule has 35 heavy (non-hydrogen) atoms. The predicted molar refractivity (Wildman–Crippen MR) is 164 cm³/mol. The highest BCUT2D eigenvalue weighted by molar-refractivity contribution is 8.06. The van der Waals surface area contributed by atoms with E-state index in [4.69, 9.17) is 0 Å². The van der Waals surface area contributed by atoms with Crippen LogP contribution in [0.3, 0.4) is 0 Å². The minimum atomic E-state index is 0.798. The van der Waals surface area contributed by atoms with Gasteiger partial charge in [0, 0.05) is 32.9 Å². The second-order valence-corrected chi connectivity index (χ2v) is 9.75. The number of hydrogen-bond donors (Lipinski definition) is 0. The van der Waals surface area contributed by atoms with Crippen LogP contribution < -0.4 is 10.7 Å². The lowest BCUT2D eigenvalue weighted by atomic mass is 9.98. The Kier molecular flexibility index (Phi) is 12.4. The molecule has 1 nitrogen and oxygen atoms in total. The first kappa shape index (κ1) is 30.1. The predicted octanol–water partition coefficient (Wildman–Crippen LogP) is 9.02. The van der Waals surface area contributed by atoms with E-state index in [-0.39, 0.29) is 0 Å². The number of rotatable bonds is 6. The van der Waals surface area contributed by atoms with Crippen LogP contribution in [0.1, 0.15) is 59.6 Å². The van der Waals surface area contributed by atoms with Gasteiger partial charge in [-0.25, -0.2) is 0 Å². The van der Waals surface area contributed by atoms with Crippen molar-refractivity contribution in [1.82, 2.24) is 4.57 Å². The summed E-state index contributed by atoms with van der Waals surface area (Å²) in [6.07, 6.45) is 0. The summed E-state index contributed by atoms with van der Waals surface area (Å²) >= 11 is 1.71. The van der Waals surface area contributed by atoms with Gasteiger partial charge in [0.2, 0.25) is 0 Å². The van der Waals surface area contributed by atoms with E-state index in [1.165, 1.54) is 38.6 Å². The van der Waals surface area contributed by atoms with Gasteiger partial charge in [0.1, 0.15) is 0 Å². The largest absolute Gasteiger partial charge is 0.337 e. The van der Waals surface area contributed by atoms with Gasteiger partial charge >= 0.3 is 0 Å². The van der Waals surface area contributed by atoms with Gasteiger partial charge in [-0.05, 0) is 69.2 Å². The molecule has 0 saturated carbocycles. The minimum absolute atomic E-state index is 0.798. The average Bonchev–Trinajstić information content (AvgIpc) is 3.08. The zero-order valence-corrected chi connectivity index (χ0v) is 23.9. The van der Waals surface area contributed by atoms with E-state index in [1.807, 2.05) is 32.9 Å². The first-order valence-corrected chi connectivity index (χ1v) is 13.0. The minimum Gasteiger partial charge on any atom is -0.337 e. The zero-order chi connectivity index (χ0) is 26.7. The number of aryl methyl sites for hydroxylation is 1. The van der Waals surface area contributed by atoms with Crippen molar-refractivity contribution in [3.63, 3.8) is 0 Å². The van der Waals surface area contributed by atoms with Gasteiger partial charge in [0.15, 0.2) is 0 Å². The first-order valence-electron chi connectivity index (χ1n) is 12.2. The number of aromatic nitrogens is 1. The van der Waals surface area contributed by atoms with Crippen LogP contribution in [-0.2, 0) is 6.54 Å². The molecule has 0 aliphatic rings. The Morgan fingerprint density at radius 1 is 0.829 bits per heavy atom. The molecule has 0 fully saturated rings. The molecule has 0 radical (unpaired) electrons. The van der Waals surface area contributed by atoms with Crippen LogP contribution in [-0.4, -0.2) is 4.57 Å². The summed E-state index contributed by atoms with van der Waals surface area (Å²) in [6.45, 7) is 33.8. The summed E-state index contributed by atoms with van der Waals surface area (Å²) in [5.74, 6) is 0. The highest BCUT2D eigenvalue weighted by atomic mass is 32.2. The molecule has 0 atom stereocenters. The number of thioether (sulfide) groups is 1. The van der Waals surface area contributed by atoms with Crippen LogP contribution in [0.2, 0.25) is 0 Å². The Hall–Kier alpha value is -2.97. The van der Waals surface area contributed by atoms with Crippen LogP contribution in [0, 0.1) is 6.92 Å². The summed E-state index contributed by atoms with van der Waals surface area (Å²) in [6, 6.07) is 16.7. The van der Waals surface area contributed by atoms with Crippen LogP contribution in [0.25, 0.3) is 29.5 Å². The molecule has 0 N–H and O–H groups in total. The molecule has 1 aromatic heterocycles. The third-order valence-electron chi connectivity index (χ3n) is 5.60. The van der Waals surface area contributed by atoms with Gasteiger partial charge in [0.25, 0.3) is 0 Å². The van der Waals surface area contributed by atoms with Gasteiger partial charge in [0.05, 0.1) is 0 Å². The Labute approximate surface area is 218 Å². The molecule has 0 spiro atoms. The normalized spacial score (nSPS) is 10.9. The fourth-order valence-electron chi connectivity index (χ4n) is 3.58. The summed E-state index contributed by atoms with van der Waals surface area (Å²) in [5, 5.41) is 6.57. The quantitative estimate of drug-likeness (QED) is 0.249. The summed E-state index contributed by atoms with van der Waals surface area (Å²) in [5.41, 5.74) is 7.63. The highest BCUT2D eigenvalue weighted by Gasteiger charge is 2.06. The fraction of sp³-hybridized carbons (Fsp3) is 0.273. The second kappa shape index (κ2) is 14.4. The molecule has 0 aliphatic heterocycles. The van der Waals surface area contributed by atoms with Crippen molar-refractivity contribution in [2.75, 3.05) is 0 Å². The summed E-state index contributed by atoms with van der Waals surface area (Å²) < 4.78 is 2.12. The smallest absolute Gasteiger partial charge is 0.0436 e. The maximum atomic E-state index is 4.16. The average molecular weight is 486 g/mol. The molecule has 186 valence electrons. The molecule has 2 aromatic carbocycles. The van der Waals surface area contributed by atoms with E-state index in [9.17, 15) is 0 Å². The molecule has 0 amide bonds. The van der Waals surface area contributed by atoms with E-state index in [1.54, 1.807) is 11.8 Å². The topological polar surface area (TPSA) is 4.93 Å². The molecule has 0 aliphatic carbocycles. The van der Waals surface area contributed by atoms with Gasteiger partial charge in [-0.1, -0.05) is 112 Å². The van der Waals surface area contributed by atoms with Crippen LogP contribution in [0.15, 0.2) is 88.7 Å². The van der Waals surface area contributed by atoms with Crippen molar-refractivity contribution < 1.29 is 0 Å². The monoisotopic (exact) mass is 485 g/mol. The summed E-state index contributed by atoms with van der Waals surface area (Å²) in [4.78, 5) is 1.12. The van der Waals surface area contributed by atoms with E-state index in [0.717, 1.165) is 27.7 Å². The number of hydrogen-bond acceptors (Lipinski definition) is 1. The first-order chi connectivity index (χ1) is 16.5. The van der Waals surface area contributed by atoms with Gasteiger partial charge in [-0.15, -0.1) is 0 Å². The lowest BCUT2D eigenvalue weighted by Gasteiger charge is -2.12. The Morgan fingerprint density at radius 2 is 1.31 bits per heavy atom. The van der Waals surface area contributed by atoms with Crippen molar-refractivity contribution in [1.29, 1.82) is 0 Å². The summed E-state index contributed by atoms with van der Waals surface area (Å²) in [7, 11) is 0. The number of nitrogens with zero attached hydrogens (tertiary/aromatic N) is 1. The maximum absolute atomic E-state index is 4.16. The molecule has 2 heteroatoms. The lowest BCUT2D eigenvalue weighted by molar-refractivity contribution is 0.754. The Bertz CT molecular complexity index is 1280. The molecular formula is C33H43NS. The van der Waals surface area contributed by atoms with E-state index < -0.39 is 0 Å². The van der Waals surface area contributed by atoms with Gasteiger partial charge in [-0.3, -0.25) is 0 Å². The van der Waals surface area contributed by atoms with Crippen molar-refractivity contribution >= 4 is 41.3 Å². The number of allylic oxidation sites excluding steroid dienone is 4. The molecule has 1 heterocycles. The van der Waals surface area contributed by atoms with Crippen LogP contribution in [0.5, 0.6) is 0 Å². The molecule has 0 saturated heterocycles. The van der Waals surface area contributed by atoms with E-state index in [2.05, 4.69) is 107 Å². The molecule has 3 aromatic rings. The standard InChI is InChI=1S/C17H22S.C14H15N.C2H6/c1-12(2)11-18-16(6)14(4)15(5)17-10-8-7-9-13(17)3;1-10(2)9-15-11(3)13-7-5-6-8-14(13)12(15)4;1-2/h7-11H,6H2,1-5H3;5-8H,1,3-4,9H2,2H3;1-2H3/b15-14-;;. The Balaban J connectivity index is 0.000000331. The van der Waals surface area contributed by atoms with Crippen LogP contribution in [0.4, 0.5) is 0 Å². The van der Waals surface area contributed by atoms with Crippen molar-refractivity contribution in [2.24, 2.45) is 0 Å². The maximum Gasteiger partial charge on any atom is 0.0436 e. The van der Waals surface area contributed by atoms with Gasteiger partial charge in [-0.2, -0.15) is 0 Å².